The van der Waals surface area contributed by atoms with Gasteiger partial charge in [-0.15, -0.1) is 6.58 Å². The molecule has 0 amide bonds. The van der Waals surface area contributed by atoms with E-state index < -0.39 is 5.97 Å². The topological polar surface area (TPSA) is 43.8 Å². The second kappa shape index (κ2) is 6.56. The standard InChI is InChI=1S/C10H20N2O2/c1-5-9(2)12(8-10(13)14)7-6-11(3)4/h5,9H,1,6-8H2,2-4H3,(H,13,14). The van der Waals surface area contributed by atoms with Gasteiger partial charge < -0.3 is 10.0 Å². The number of hydrogen-bond donors (Lipinski definition) is 1. The molecule has 1 atom stereocenters. The summed E-state index contributed by atoms with van der Waals surface area (Å²) in [5, 5.41) is 8.70. The molecular weight excluding hydrogens is 180 g/mol. The van der Waals surface area contributed by atoms with E-state index in [1.54, 1.807) is 6.08 Å². The zero-order chi connectivity index (χ0) is 11.1. The molecule has 0 bridgehead atoms. The highest BCUT2D eigenvalue weighted by Crippen LogP contribution is 1.99. The molecule has 0 aliphatic carbocycles. The lowest BCUT2D eigenvalue weighted by molar-refractivity contribution is -0.138. The first-order valence-electron chi connectivity index (χ1n) is 4.70. The highest BCUT2D eigenvalue weighted by atomic mass is 16.4. The van der Waals surface area contributed by atoms with Crippen LogP contribution in [0.15, 0.2) is 12.7 Å². The molecule has 14 heavy (non-hydrogen) atoms. The van der Waals surface area contributed by atoms with Crippen molar-refractivity contribution >= 4 is 5.97 Å². The Morgan fingerprint density at radius 3 is 2.43 bits per heavy atom. The lowest BCUT2D eigenvalue weighted by Gasteiger charge is -2.26. The summed E-state index contributed by atoms with van der Waals surface area (Å²) >= 11 is 0. The van der Waals surface area contributed by atoms with E-state index in [2.05, 4.69) is 6.58 Å². The van der Waals surface area contributed by atoms with Crippen molar-refractivity contribution in [3.63, 3.8) is 0 Å². The van der Waals surface area contributed by atoms with Gasteiger partial charge in [0.2, 0.25) is 0 Å². The zero-order valence-electron chi connectivity index (χ0n) is 9.23. The average molecular weight is 200 g/mol. The van der Waals surface area contributed by atoms with Gasteiger partial charge in [-0.3, -0.25) is 9.69 Å². The summed E-state index contributed by atoms with van der Waals surface area (Å²) in [5.41, 5.74) is 0. The minimum absolute atomic E-state index is 0.0705. The Bertz CT molecular complexity index is 193. The summed E-state index contributed by atoms with van der Waals surface area (Å²) < 4.78 is 0. The number of rotatable bonds is 7. The molecule has 0 rings (SSSR count). The summed E-state index contributed by atoms with van der Waals surface area (Å²) in [4.78, 5) is 14.5. The molecule has 1 unspecified atom stereocenters. The SMILES string of the molecule is C=CC(C)N(CCN(C)C)CC(=O)O. The molecule has 4 nitrogen and oxygen atoms in total. The van der Waals surface area contributed by atoms with Crippen LogP contribution >= 0.6 is 0 Å². The van der Waals surface area contributed by atoms with E-state index >= 15 is 0 Å². The van der Waals surface area contributed by atoms with Crippen molar-refractivity contribution in [2.45, 2.75) is 13.0 Å². The molecule has 0 radical (unpaired) electrons. The largest absolute Gasteiger partial charge is 0.480 e. The Labute approximate surface area is 85.8 Å². The predicted molar refractivity (Wildman–Crippen MR) is 57.4 cm³/mol. The molecular formula is C10H20N2O2. The molecule has 0 saturated carbocycles. The number of likely N-dealkylation sites (N-methyl/N-ethyl adjacent to an activating group) is 1. The van der Waals surface area contributed by atoms with Crippen molar-refractivity contribution in [1.82, 2.24) is 9.80 Å². The van der Waals surface area contributed by atoms with Gasteiger partial charge in [0, 0.05) is 19.1 Å². The van der Waals surface area contributed by atoms with Crippen LogP contribution in [0.1, 0.15) is 6.92 Å². The van der Waals surface area contributed by atoms with Gasteiger partial charge in [-0.1, -0.05) is 6.08 Å². The van der Waals surface area contributed by atoms with Crippen LogP contribution in [0.25, 0.3) is 0 Å². The van der Waals surface area contributed by atoms with Crippen molar-refractivity contribution in [2.75, 3.05) is 33.7 Å². The minimum atomic E-state index is -0.794. The summed E-state index contributed by atoms with van der Waals surface area (Å²) in [5.74, 6) is -0.794. The summed E-state index contributed by atoms with van der Waals surface area (Å²) in [6.45, 7) is 7.28. The van der Waals surface area contributed by atoms with Crippen molar-refractivity contribution in [3.05, 3.63) is 12.7 Å². The van der Waals surface area contributed by atoms with E-state index in [4.69, 9.17) is 5.11 Å². The summed E-state index contributed by atoms with van der Waals surface area (Å²) in [6, 6.07) is 0.103. The molecule has 0 aliphatic rings. The molecule has 0 aromatic rings. The molecule has 0 aliphatic heterocycles. The Morgan fingerprint density at radius 1 is 1.50 bits per heavy atom. The van der Waals surface area contributed by atoms with Crippen molar-refractivity contribution < 1.29 is 9.90 Å². The number of carboxylic acid groups (broad SMARTS) is 1. The molecule has 0 aromatic carbocycles. The quantitative estimate of drug-likeness (QED) is 0.608. The Balaban J connectivity index is 4.10. The van der Waals surface area contributed by atoms with E-state index in [1.165, 1.54) is 0 Å². The third kappa shape index (κ3) is 5.72. The van der Waals surface area contributed by atoms with E-state index in [-0.39, 0.29) is 12.6 Å². The van der Waals surface area contributed by atoms with Crippen LogP contribution in [0.3, 0.4) is 0 Å². The highest BCUT2D eigenvalue weighted by molar-refractivity contribution is 5.69. The van der Waals surface area contributed by atoms with Gasteiger partial charge in [0.1, 0.15) is 0 Å². The number of carbonyl (C=O) groups is 1. The number of aliphatic carboxylic acids is 1. The van der Waals surface area contributed by atoms with Gasteiger partial charge in [0.25, 0.3) is 0 Å². The van der Waals surface area contributed by atoms with E-state index in [1.807, 2.05) is 30.8 Å². The van der Waals surface area contributed by atoms with E-state index in [0.29, 0.717) is 0 Å². The normalized spacial score (nSPS) is 13.2. The smallest absolute Gasteiger partial charge is 0.317 e. The molecule has 0 fully saturated rings. The fraction of sp³-hybridized carbons (Fsp3) is 0.700. The van der Waals surface area contributed by atoms with Gasteiger partial charge in [-0.05, 0) is 21.0 Å². The lowest BCUT2D eigenvalue weighted by Crippen LogP contribution is -2.40. The van der Waals surface area contributed by atoms with E-state index in [0.717, 1.165) is 13.1 Å². The number of hydrogen-bond acceptors (Lipinski definition) is 3. The Hall–Kier alpha value is -0.870. The molecule has 0 aromatic heterocycles. The fourth-order valence-corrected chi connectivity index (χ4v) is 1.08. The first kappa shape index (κ1) is 13.1. The highest BCUT2D eigenvalue weighted by Gasteiger charge is 2.13. The van der Waals surface area contributed by atoms with Crippen molar-refractivity contribution in [1.29, 1.82) is 0 Å². The first-order valence-corrected chi connectivity index (χ1v) is 4.70. The lowest BCUT2D eigenvalue weighted by atomic mass is 10.2. The third-order valence-corrected chi connectivity index (χ3v) is 2.09. The maximum atomic E-state index is 10.6. The van der Waals surface area contributed by atoms with Gasteiger partial charge >= 0.3 is 5.97 Å². The number of nitrogens with zero attached hydrogens (tertiary/aromatic N) is 2. The third-order valence-electron chi connectivity index (χ3n) is 2.09. The molecule has 1 N–H and O–H groups in total. The molecule has 0 spiro atoms. The van der Waals surface area contributed by atoms with Crippen LogP contribution < -0.4 is 0 Å². The Morgan fingerprint density at radius 2 is 2.07 bits per heavy atom. The average Bonchev–Trinajstić information content (AvgIpc) is 2.10. The zero-order valence-corrected chi connectivity index (χ0v) is 9.23. The van der Waals surface area contributed by atoms with Crippen LogP contribution in [0.4, 0.5) is 0 Å². The van der Waals surface area contributed by atoms with Gasteiger partial charge in [-0.25, -0.2) is 0 Å². The number of carboxylic acids is 1. The Kier molecular flexibility index (Phi) is 6.16. The summed E-state index contributed by atoms with van der Waals surface area (Å²) in [6.07, 6.45) is 1.76. The predicted octanol–water partition coefficient (Wildman–Crippen LogP) is 0.509. The molecule has 0 heterocycles. The van der Waals surface area contributed by atoms with Gasteiger partial charge in [0.15, 0.2) is 0 Å². The summed E-state index contributed by atoms with van der Waals surface area (Å²) in [7, 11) is 3.94. The second-order valence-corrected chi connectivity index (χ2v) is 3.64. The minimum Gasteiger partial charge on any atom is -0.480 e. The maximum absolute atomic E-state index is 10.6. The van der Waals surface area contributed by atoms with Crippen LogP contribution in [-0.4, -0.2) is 60.6 Å². The van der Waals surface area contributed by atoms with E-state index in [9.17, 15) is 4.79 Å². The second-order valence-electron chi connectivity index (χ2n) is 3.64. The van der Waals surface area contributed by atoms with Crippen molar-refractivity contribution in [3.8, 4) is 0 Å². The van der Waals surface area contributed by atoms with Crippen LogP contribution in [0.2, 0.25) is 0 Å². The van der Waals surface area contributed by atoms with Crippen LogP contribution in [-0.2, 0) is 4.79 Å². The van der Waals surface area contributed by atoms with Crippen LogP contribution in [0.5, 0.6) is 0 Å². The van der Waals surface area contributed by atoms with Crippen molar-refractivity contribution in [2.24, 2.45) is 0 Å². The monoisotopic (exact) mass is 200 g/mol. The first-order chi connectivity index (χ1) is 6.47. The van der Waals surface area contributed by atoms with Gasteiger partial charge in [0.05, 0.1) is 6.54 Å². The molecule has 0 saturated heterocycles. The molecule has 4 heteroatoms. The maximum Gasteiger partial charge on any atom is 0.317 e. The molecule has 82 valence electrons. The van der Waals surface area contributed by atoms with Crippen LogP contribution in [0, 0.1) is 0 Å². The van der Waals surface area contributed by atoms with Gasteiger partial charge in [-0.2, -0.15) is 0 Å². The fourth-order valence-electron chi connectivity index (χ4n) is 1.08.